The largest absolute Gasteiger partial charge is 0.337 e. The number of benzene rings is 3. The number of unbranched alkanes of at least 4 members (excludes halogenated alkanes) is 1. The van der Waals surface area contributed by atoms with E-state index in [4.69, 9.17) is 9.62 Å². The standard InChI is InChI=1S/C35H31N7O4S/c43-29(14-4-5-15-30-32-27(20-47-30)36-35(45)38-32)25-13-7-10-22-23(25)11-6-12-24(22)26-18-28-34(44)41(16-17-42(28)39-26)19-31-37-33(40-46-31)21-8-2-1-3-9-21/h1-3,6-13,16-18,27,30,32H,4-5,14-15,19-20H2,(H2,36,38,45)/t27-,30-,32-/m0/s1. The average Bonchev–Trinajstić information content (AvgIpc) is 3.89. The molecule has 47 heavy (non-hydrogen) atoms. The van der Waals surface area contributed by atoms with Crippen molar-refractivity contribution in [2.75, 3.05) is 5.75 Å². The quantitative estimate of drug-likeness (QED) is 0.116. The zero-order valence-electron chi connectivity index (χ0n) is 25.3. The van der Waals surface area contributed by atoms with Crippen molar-refractivity contribution in [3.05, 3.63) is 107 Å². The molecule has 2 saturated heterocycles. The van der Waals surface area contributed by atoms with Gasteiger partial charge in [0.1, 0.15) is 12.1 Å². The molecule has 236 valence electrons. The van der Waals surface area contributed by atoms with Crippen molar-refractivity contribution >= 4 is 39.9 Å². The predicted molar refractivity (Wildman–Crippen MR) is 180 cm³/mol. The van der Waals surface area contributed by atoms with Gasteiger partial charge in [0.25, 0.3) is 5.56 Å². The Kier molecular flexibility index (Phi) is 7.56. The van der Waals surface area contributed by atoms with E-state index in [2.05, 4.69) is 20.8 Å². The van der Waals surface area contributed by atoms with Gasteiger partial charge in [-0.2, -0.15) is 21.8 Å². The average molecular weight is 646 g/mol. The van der Waals surface area contributed by atoms with E-state index in [1.54, 1.807) is 23.0 Å². The summed E-state index contributed by atoms with van der Waals surface area (Å²) < 4.78 is 8.52. The molecule has 8 rings (SSSR count). The molecule has 2 aliphatic rings. The highest BCUT2D eigenvalue weighted by molar-refractivity contribution is 8.00. The van der Waals surface area contributed by atoms with Gasteiger partial charge in [-0.05, 0) is 29.7 Å². The third-order valence-electron chi connectivity index (χ3n) is 8.99. The number of hydrogen-bond acceptors (Lipinski definition) is 8. The van der Waals surface area contributed by atoms with Gasteiger partial charge < -0.3 is 19.7 Å². The molecule has 12 heteroatoms. The Labute approximate surface area is 273 Å². The van der Waals surface area contributed by atoms with Gasteiger partial charge in [0.05, 0.1) is 17.8 Å². The minimum atomic E-state index is -0.236. The first-order chi connectivity index (χ1) is 23.0. The van der Waals surface area contributed by atoms with Gasteiger partial charge in [0, 0.05) is 46.5 Å². The summed E-state index contributed by atoms with van der Waals surface area (Å²) in [7, 11) is 0. The van der Waals surface area contributed by atoms with Crippen LogP contribution in [0.15, 0.2) is 94.5 Å². The number of hydrogen-bond donors (Lipinski definition) is 2. The number of Topliss-reactive ketones (excluding diaryl/α,β-unsaturated/α-hetero) is 1. The molecule has 0 saturated carbocycles. The van der Waals surface area contributed by atoms with Crippen LogP contribution in [0.3, 0.4) is 0 Å². The van der Waals surface area contributed by atoms with Crippen LogP contribution in [-0.2, 0) is 6.54 Å². The van der Waals surface area contributed by atoms with E-state index in [0.717, 1.165) is 46.9 Å². The van der Waals surface area contributed by atoms with Crippen LogP contribution in [0.5, 0.6) is 0 Å². The Balaban J connectivity index is 0.990. The molecule has 2 N–H and O–H groups in total. The van der Waals surface area contributed by atoms with Crippen LogP contribution in [0.1, 0.15) is 41.9 Å². The van der Waals surface area contributed by atoms with Crippen molar-refractivity contribution in [3.63, 3.8) is 0 Å². The first-order valence-electron chi connectivity index (χ1n) is 15.7. The second-order valence-corrected chi connectivity index (χ2v) is 13.2. The molecule has 5 heterocycles. The van der Waals surface area contributed by atoms with E-state index in [1.807, 2.05) is 78.5 Å². The molecule has 3 aromatic carbocycles. The Morgan fingerprint density at radius 2 is 1.81 bits per heavy atom. The lowest BCUT2D eigenvalue weighted by Crippen LogP contribution is -2.36. The summed E-state index contributed by atoms with van der Waals surface area (Å²) in [5.41, 5.74) is 3.18. The minimum Gasteiger partial charge on any atom is -0.337 e. The van der Waals surface area contributed by atoms with Crippen LogP contribution in [0.2, 0.25) is 0 Å². The molecule has 0 radical (unpaired) electrons. The van der Waals surface area contributed by atoms with E-state index < -0.39 is 0 Å². The summed E-state index contributed by atoms with van der Waals surface area (Å²) in [5, 5.41) is 16.9. The number of urea groups is 1. The highest BCUT2D eigenvalue weighted by Gasteiger charge is 2.42. The van der Waals surface area contributed by atoms with Crippen molar-refractivity contribution in [2.24, 2.45) is 0 Å². The van der Waals surface area contributed by atoms with Crippen molar-refractivity contribution in [1.29, 1.82) is 0 Å². The SMILES string of the molecule is O=C1N[C@H]2[C@H](CS[C@H]2CCCCC(=O)c2cccc3c(-c4cc5c(=O)n(Cc6nc(-c7ccccc7)no6)ccn5n4)cccc23)N1. The number of thioether (sulfide) groups is 1. The summed E-state index contributed by atoms with van der Waals surface area (Å²) >= 11 is 1.90. The van der Waals surface area contributed by atoms with Crippen LogP contribution in [0.4, 0.5) is 4.79 Å². The molecule has 11 nitrogen and oxygen atoms in total. The summed E-state index contributed by atoms with van der Waals surface area (Å²) in [6, 6.07) is 23.2. The van der Waals surface area contributed by atoms with Crippen LogP contribution < -0.4 is 16.2 Å². The van der Waals surface area contributed by atoms with Crippen LogP contribution in [0, 0.1) is 0 Å². The molecule has 3 atom stereocenters. The first-order valence-corrected chi connectivity index (χ1v) is 16.8. The maximum absolute atomic E-state index is 13.5. The lowest BCUT2D eigenvalue weighted by molar-refractivity contribution is 0.0980. The number of carbonyl (C=O) groups is 2. The maximum Gasteiger partial charge on any atom is 0.315 e. The maximum atomic E-state index is 13.5. The van der Waals surface area contributed by atoms with Crippen LogP contribution in [0.25, 0.3) is 38.9 Å². The Bertz CT molecular complexity index is 2190. The number of carbonyl (C=O) groups excluding carboxylic acids is 2. The number of nitrogens with zero attached hydrogens (tertiary/aromatic N) is 5. The van der Waals surface area contributed by atoms with E-state index in [1.165, 1.54) is 4.57 Å². The fraction of sp³-hybridized carbons (Fsp3) is 0.257. The zero-order chi connectivity index (χ0) is 31.9. The topological polar surface area (TPSA) is 136 Å². The normalized spacial score (nSPS) is 18.8. The number of ketones is 1. The molecular formula is C35H31N7O4S. The van der Waals surface area contributed by atoms with Crippen molar-refractivity contribution in [2.45, 2.75) is 49.6 Å². The van der Waals surface area contributed by atoms with Gasteiger partial charge in [0.2, 0.25) is 11.7 Å². The van der Waals surface area contributed by atoms with Crippen LogP contribution >= 0.6 is 11.8 Å². The molecule has 0 spiro atoms. The molecule has 2 amide bonds. The first kappa shape index (κ1) is 29.2. The van der Waals surface area contributed by atoms with E-state index in [9.17, 15) is 14.4 Å². The van der Waals surface area contributed by atoms with E-state index in [-0.39, 0.29) is 36.0 Å². The molecule has 0 aliphatic carbocycles. The highest BCUT2D eigenvalue weighted by Crippen LogP contribution is 2.34. The number of amides is 2. The monoisotopic (exact) mass is 645 g/mol. The summed E-state index contributed by atoms with van der Waals surface area (Å²) in [6.07, 6.45) is 6.54. The fourth-order valence-corrected chi connectivity index (χ4v) is 8.18. The molecule has 3 aromatic heterocycles. The summed E-state index contributed by atoms with van der Waals surface area (Å²) in [5.74, 6) is 1.83. The number of rotatable bonds is 10. The van der Waals surface area contributed by atoms with Gasteiger partial charge in [-0.15, -0.1) is 0 Å². The summed E-state index contributed by atoms with van der Waals surface area (Å²) in [6.45, 7) is 0.129. The van der Waals surface area contributed by atoms with Gasteiger partial charge in [-0.3, -0.25) is 9.59 Å². The second kappa shape index (κ2) is 12.2. The number of aromatic nitrogens is 5. The molecule has 2 aliphatic heterocycles. The second-order valence-electron chi connectivity index (χ2n) is 12.0. The summed E-state index contributed by atoms with van der Waals surface area (Å²) in [4.78, 5) is 43.0. The van der Waals surface area contributed by atoms with Gasteiger partial charge >= 0.3 is 6.03 Å². The molecule has 0 unspecified atom stereocenters. The minimum absolute atomic E-state index is 0.0743. The van der Waals surface area contributed by atoms with Gasteiger partial charge in [-0.25, -0.2) is 9.31 Å². The van der Waals surface area contributed by atoms with Crippen molar-refractivity contribution in [1.82, 2.24) is 35.0 Å². The van der Waals surface area contributed by atoms with Crippen molar-refractivity contribution < 1.29 is 14.1 Å². The van der Waals surface area contributed by atoms with Gasteiger partial charge in [0.15, 0.2) is 5.78 Å². The van der Waals surface area contributed by atoms with Crippen molar-refractivity contribution in [3.8, 4) is 22.6 Å². The number of nitrogens with one attached hydrogen (secondary N) is 2. The molecular weight excluding hydrogens is 614 g/mol. The van der Waals surface area contributed by atoms with Crippen LogP contribution in [-0.4, -0.2) is 59.2 Å². The lowest BCUT2D eigenvalue weighted by atomic mass is 9.94. The molecule has 6 aromatic rings. The smallest absolute Gasteiger partial charge is 0.315 e. The Hall–Kier alpha value is -5.23. The third-order valence-corrected chi connectivity index (χ3v) is 10.5. The zero-order valence-corrected chi connectivity index (χ0v) is 26.2. The highest BCUT2D eigenvalue weighted by atomic mass is 32.2. The Morgan fingerprint density at radius 1 is 0.957 bits per heavy atom. The molecule has 2 fully saturated rings. The fourth-order valence-electron chi connectivity index (χ4n) is 6.64. The third kappa shape index (κ3) is 5.58. The van der Waals surface area contributed by atoms with Gasteiger partial charge in [-0.1, -0.05) is 78.3 Å². The van der Waals surface area contributed by atoms with E-state index in [0.29, 0.717) is 40.2 Å². The van der Waals surface area contributed by atoms with E-state index >= 15 is 0 Å². The lowest BCUT2D eigenvalue weighted by Gasteiger charge is -2.16. The number of fused-ring (bicyclic) bond motifs is 3. The Morgan fingerprint density at radius 3 is 2.70 bits per heavy atom. The molecule has 0 bridgehead atoms. The predicted octanol–water partition coefficient (Wildman–Crippen LogP) is 5.32.